The van der Waals surface area contributed by atoms with Crippen LogP contribution in [0.15, 0.2) is 0 Å². The Kier molecular flexibility index (Phi) is 9.81. The molecule has 1 aliphatic heterocycles. The highest BCUT2D eigenvalue weighted by molar-refractivity contribution is 7.99. The Morgan fingerprint density at radius 2 is 1.95 bits per heavy atom. The molecule has 9 heteroatoms. The second-order valence-electron chi connectivity index (χ2n) is 4.07. The number of carbonyl (C=O) groups is 1. The van der Waals surface area contributed by atoms with Crippen LogP contribution in [0.25, 0.3) is 0 Å². The summed E-state index contributed by atoms with van der Waals surface area (Å²) in [7, 11) is -3.22. The van der Waals surface area contributed by atoms with E-state index in [-0.39, 0.29) is 30.6 Å². The molecule has 0 aromatic carbocycles. The number of nitrogens with zero attached hydrogens (tertiary/aromatic N) is 1. The molecule has 1 heterocycles. The fraction of sp³-hybridized carbons (Fsp3) is 0.900. The molecule has 0 aromatic heterocycles. The zero-order valence-electron chi connectivity index (χ0n) is 10.8. The first kappa shape index (κ1) is 19.0. The lowest BCUT2D eigenvalue weighted by molar-refractivity contribution is -0.121. The average molecular weight is 332 g/mol. The van der Waals surface area contributed by atoms with E-state index in [4.69, 9.17) is 5.73 Å². The molecule has 1 amide bonds. The minimum absolute atomic E-state index is 0. The zero-order chi connectivity index (χ0) is 13.4. The van der Waals surface area contributed by atoms with Gasteiger partial charge in [0.05, 0.1) is 5.75 Å². The molecule has 0 spiro atoms. The number of nitrogens with one attached hydrogen (secondary N) is 1. The number of amides is 1. The lowest BCUT2D eigenvalue weighted by Crippen LogP contribution is -2.41. The van der Waals surface area contributed by atoms with E-state index < -0.39 is 10.0 Å². The van der Waals surface area contributed by atoms with Crippen molar-refractivity contribution in [3.63, 3.8) is 0 Å². The highest BCUT2D eigenvalue weighted by Crippen LogP contribution is 2.12. The van der Waals surface area contributed by atoms with Crippen LogP contribution in [0.2, 0.25) is 0 Å². The smallest absolute Gasteiger partial charge is 0.220 e. The van der Waals surface area contributed by atoms with Crippen LogP contribution in [0.3, 0.4) is 0 Å². The van der Waals surface area contributed by atoms with Crippen molar-refractivity contribution in [1.82, 2.24) is 9.62 Å². The Hall–Kier alpha value is -0.0200. The van der Waals surface area contributed by atoms with E-state index >= 15 is 0 Å². The van der Waals surface area contributed by atoms with E-state index in [1.165, 1.54) is 4.31 Å². The molecule has 0 unspecified atom stereocenters. The van der Waals surface area contributed by atoms with Crippen molar-refractivity contribution in [3.05, 3.63) is 0 Å². The Balaban J connectivity index is 0.00000324. The normalized spacial score (nSPS) is 16.7. The summed E-state index contributed by atoms with van der Waals surface area (Å²) in [5, 5.41) is 2.61. The lowest BCUT2D eigenvalue weighted by atomic mass is 10.3. The molecular formula is C10H22ClN3O3S2. The number of nitrogens with two attached hydrogens (primary N) is 1. The predicted octanol–water partition coefficient (Wildman–Crippen LogP) is -0.358. The molecule has 114 valence electrons. The summed E-state index contributed by atoms with van der Waals surface area (Å²) in [6.45, 7) is 1.80. The van der Waals surface area contributed by atoms with Gasteiger partial charge >= 0.3 is 0 Å². The van der Waals surface area contributed by atoms with Crippen LogP contribution in [0.1, 0.15) is 12.8 Å². The van der Waals surface area contributed by atoms with E-state index in [0.29, 0.717) is 32.5 Å². The highest BCUT2D eigenvalue weighted by atomic mass is 35.5. The van der Waals surface area contributed by atoms with Crippen LogP contribution in [-0.2, 0) is 14.8 Å². The molecule has 0 bridgehead atoms. The third kappa shape index (κ3) is 7.36. The number of sulfonamides is 1. The van der Waals surface area contributed by atoms with E-state index in [9.17, 15) is 13.2 Å². The molecule has 0 aromatic rings. The minimum Gasteiger partial charge on any atom is -0.355 e. The van der Waals surface area contributed by atoms with Gasteiger partial charge in [0.25, 0.3) is 0 Å². The first-order valence-electron chi connectivity index (χ1n) is 6.08. The monoisotopic (exact) mass is 331 g/mol. The molecule has 1 aliphatic rings. The standard InChI is InChI=1S/C10H21N3O3S2.ClH/c11-3-1-2-10(14)12-4-9-18(15,16)13-5-7-17-8-6-13;/h1-9,11H2,(H,12,14);1H. The molecule has 1 rings (SSSR count). The van der Waals surface area contributed by atoms with Crippen molar-refractivity contribution < 1.29 is 13.2 Å². The fourth-order valence-corrected chi connectivity index (χ4v) is 4.12. The maximum Gasteiger partial charge on any atom is 0.220 e. The molecule has 0 radical (unpaired) electrons. The molecule has 0 aliphatic carbocycles. The number of hydrogen-bond acceptors (Lipinski definition) is 5. The van der Waals surface area contributed by atoms with Crippen molar-refractivity contribution >= 4 is 40.1 Å². The van der Waals surface area contributed by atoms with Crippen LogP contribution in [0.4, 0.5) is 0 Å². The quantitative estimate of drug-likeness (QED) is 0.664. The third-order valence-electron chi connectivity index (χ3n) is 2.65. The van der Waals surface area contributed by atoms with Gasteiger partial charge in [-0.15, -0.1) is 12.4 Å². The molecule has 0 saturated carbocycles. The van der Waals surface area contributed by atoms with Crippen LogP contribution in [-0.4, -0.2) is 62.1 Å². The summed E-state index contributed by atoms with van der Waals surface area (Å²) in [6.07, 6.45) is 0.985. The van der Waals surface area contributed by atoms with Gasteiger partial charge in [-0.2, -0.15) is 11.8 Å². The second kappa shape index (κ2) is 9.82. The van der Waals surface area contributed by atoms with E-state index in [0.717, 1.165) is 11.5 Å². The molecule has 19 heavy (non-hydrogen) atoms. The summed E-state index contributed by atoms with van der Waals surface area (Å²) < 4.78 is 25.4. The largest absolute Gasteiger partial charge is 0.355 e. The molecule has 1 fully saturated rings. The zero-order valence-corrected chi connectivity index (χ0v) is 13.3. The van der Waals surface area contributed by atoms with Gasteiger partial charge in [0.1, 0.15) is 0 Å². The van der Waals surface area contributed by atoms with Crippen LogP contribution < -0.4 is 11.1 Å². The van der Waals surface area contributed by atoms with Crippen molar-refractivity contribution in [2.24, 2.45) is 5.73 Å². The van der Waals surface area contributed by atoms with Crippen LogP contribution in [0, 0.1) is 0 Å². The van der Waals surface area contributed by atoms with Crippen molar-refractivity contribution in [2.75, 3.05) is 43.4 Å². The SMILES string of the molecule is Cl.NCCCC(=O)NCCS(=O)(=O)N1CCSCC1. The number of carbonyl (C=O) groups excluding carboxylic acids is 1. The van der Waals surface area contributed by atoms with Crippen LogP contribution in [0.5, 0.6) is 0 Å². The maximum absolute atomic E-state index is 11.9. The molecule has 1 saturated heterocycles. The molecule has 3 N–H and O–H groups in total. The first-order valence-corrected chi connectivity index (χ1v) is 8.85. The predicted molar refractivity (Wildman–Crippen MR) is 81.2 cm³/mol. The minimum atomic E-state index is -3.22. The molecule has 6 nitrogen and oxygen atoms in total. The Morgan fingerprint density at radius 3 is 2.53 bits per heavy atom. The Labute approximate surface area is 125 Å². The Morgan fingerprint density at radius 1 is 1.32 bits per heavy atom. The van der Waals surface area contributed by atoms with E-state index in [2.05, 4.69) is 5.32 Å². The van der Waals surface area contributed by atoms with Gasteiger partial charge in [-0.25, -0.2) is 12.7 Å². The van der Waals surface area contributed by atoms with Gasteiger partial charge in [-0.1, -0.05) is 0 Å². The van der Waals surface area contributed by atoms with Gasteiger partial charge in [0.2, 0.25) is 15.9 Å². The number of hydrogen-bond donors (Lipinski definition) is 2. The second-order valence-corrected chi connectivity index (χ2v) is 7.38. The highest BCUT2D eigenvalue weighted by Gasteiger charge is 2.23. The van der Waals surface area contributed by atoms with Gasteiger partial charge in [-0.3, -0.25) is 4.79 Å². The fourth-order valence-electron chi connectivity index (χ4n) is 1.62. The number of rotatable bonds is 7. The third-order valence-corrected chi connectivity index (χ3v) is 5.47. The van der Waals surface area contributed by atoms with Crippen molar-refractivity contribution in [1.29, 1.82) is 0 Å². The van der Waals surface area contributed by atoms with E-state index in [1.807, 2.05) is 0 Å². The Bertz CT molecular complexity index is 359. The van der Waals surface area contributed by atoms with Crippen LogP contribution >= 0.6 is 24.2 Å². The molecule has 0 atom stereocenters. The van der Waals surface area contributed by atoms with Gasteiger partial charge in [-0.05, 0) is 13.0 Å². The summed E-state index contributed by atoms with van der Waals surface area (Å²) in [5.41, 5.74) is 5.29. The summed E-state index contributed by atoms with van der Waals surface area (Å²) in [6, 6.07) is 0. The van der Waals surface area contributed by atoms with Gasteiger partial charge in [0.15, 0.2) is 0 Å². The first-order chi connectivity index (χ1) is 8.56. The van der Waals surface area contributed by atoms with Gasteiger partial charge < -0.3 is 11.1 Å². The number of thioether (sulfide) groups is 1. The summed E-state index contributed by atoms with van der Waals surface area (Å²) in [4.78, 5) is 11.3. The average Bonchev–Trinajstić information content (AvgIpc) is 2.37. The lowest BCUT2D eigenvalue weighted by Gasteiger charge is -2.25. The summed E-state index contributed by atoms with van der Waals surface area (Å²) in [5.74, 6) is 1.54. The van der Waals surface area contributed by atoms with Crippen molar-refractivity contribution in [3.8, 4) is 0 Å². The molecular weight excluding hydrogens is 310 g/mol. The number of halogens is 1. The van der Waals surface area contributed by atoms with Gasteiger partial charge in [0, 0.05) is 37.6 Å². The van der Waals surface area contributed by atoms with E-state index in [1.54, 1.807) is 11.8 Å². The summed E-state index contributed by atoms with van der Waals surface area (Å²) >= 11 is 1.76. The maximum atomic E-state index is 11.9. The topological polar surface area (TPSA) is 92.5 Å². The van der Waals surface area contributed by atoms with Crippen molar-refractivity contribution in [2.45, 2.75) is 12.8 Å².